The smallest absolute Gasteiger partial charge is 0.269 e. The van der Waals surface area contributed by atoms with Crippen LogP contribution in [0, 0.1) is 10.1 Å². The highest BCUT2D eigenvalue weighted by atomic mass is 16.6. The average molecular weight is 349 g/mol. The summed E-state index contributed by atoms with van der Waals surface area (Å²) in [6, 6.07) is 12.0. The number of hydrogen-bond acceptors (Lipinski definition) is 5. The Morgan fingerprint density at radius 2 is 1.92 bits per heavy atom. The molecule has 1 aromatic carbocycles. The third-order valence-corrected chi connectivity index (χ3v) is 4.49. The molecule has 1 N–H and O–H groups in total. The summed E-state index contributed by atoms with van der Waals surface area (Å²) in [6.45, 7) is 5.29. The summed E-state index contributed by atoms with van der Waals surface area (Å²) in [6.07, 6.45) is 1.69. The SMILES string of the molecule is CC(=O)C1=C(C)NC(C)=C(c2ccccn2)C1c1cccc([N+](=O)[O-])c1. The van der Waals surface area contributed by atoms with E-state index in [1.807, 2.05) is 38.1 Å². The van der Waals surface area contributed by atoms with Crippen molar-refractivity contribution in [3.05, 3.63) is 87.0 Å². The summed E-state index contributed by atoms with van der Waals surface area (Å²) >= 11 is 0. The Labute approximate surface area is 151 Å². The van der Waals surface area contributed by atoms with Crippen molar-refractivity contribution in [3.63, 3.8) is 0 Å². The first-order chi connectivity index (χ1) is 12.4. The number of Topliss-reactive ketones (excluding diaryl/α,β-unsaturated/α-hetero) is 1. The zero-order valence-electron chi connectivity index (χ0n) is 14.8. The van der Waals surface area contributed by atoms with Crippen LogP contribution >= 0.6 is 0 Å². The molecule has 0 spiro atoms. The largest absolute Gasteiger partial charge is 0.362 e. The van der Waals surface area contributed by atoms with Gasteiger partial charge in [0.25, 0.3) is 5.69 Å². The van der Waals surface area contributed by atoms with Gasteiger partial charge < -0.3 is 5.32 Å². The zero-order chi connectivity index (χ0) is 18.8. The van der Waals surface area contributed by atoms with Crippen molar-refractivity contribution in [2.24, 2.45) is 0 Å². The van der Waals surface area contributed by atoms with Crippen LogP contribution in [0.3, 0.4) is 0 Å². The maximum absolute atomic E-state index is 12.4. The molecule has 26 heavy (non-hydrogen) atoms. The van der Waals surface area contributed by atoms with E-state index in [9.17, 15) is 14.9 Å². The molecule has 6 nitrogen and oxygen atoms in total. The molecule has 0 saturated carbocycles. The van der Waals surface area contributed by atoms with Gasteiger partial charge in [-0.05, 0) is 38.5 Å². The molecule has 0 aliphatic carbocycles. The van der Waals surface area contributed by atoms with Crippen molar-refractivity contribution in [2.75, 3.05) is 0 Å². The van der Waals surface area contributed by atoms with E-state index in [0.29, 0.717) is 11.1 Å². The Morgan fingerprint density at radius 3 is 2.54 bits per heavy atom. The van der Waals surface area contributed by atoms with E-state index >= 15 is 0 Å². The molecule has 0 bridgehead atoms. The van der Waals surface area contributed by atoms with Crippen LogP contribution in [0.2, 0.25) is 0 Å². The Bertz CT molecular complexity index is 946. The predicted octanol–water partition coefficient (Wildman–Crippen LogP) is 3.97. The van der Waals surface area contributed by atoms with Crippen LogP contribution in [-0.4, -0.2) is 15.7 Å². The van der Waals surface area contributed by atoms with Gasteiger partial charge in [0.05, 0.1) is 10.6 Å². The summed E-state index contributed by atoms with van der Waals surface area (Å²) in [5.41, 5.74) is 4.51. The molecule has 2 heterocycles. The number of allylic oxidation sites excluding steroid dienone is 4. The highest BCUT2D eigenvalue weighted by Crippen LogP contribution is 2.43. The molecule has 3 rings (SSSR count). The van der Waals surface area contributed by atoms with Gasteiger partial charge in [-0.3, -0.25) is 19.9 Å². The van der Waals surface area contributed by atoms with Gasteiger partial charge in [-0.1, -0.05) is 18.2 Å². The summed E-state index contributed by atoms with van der Waals surface area (Å²) in [7, 11) is 0. The molecule has 1 atom stereocenters. The first-order valence-corrected chi connectivity index (χ1v) is 8.25. The number of rotatable bonds is 4. The summed E-state index contributed by atoms with van der Waals surface area (Å²) in [4.78, 5) is 27.7. The molecule has 132 valence electrons. The minimum Gasteiger partial charge on any atom is -0.362 e. The Kier molecular flexibility index (Phi) is 4.67. The van der Waals surface area contributed by atoms with E-state index in [2.05, 4.69) is 10.3 Å². The molecular formula is C20H19N3O3. The molecule has 1 aliphatic heterocycles. The van der Waals surface area contributed by atoms with E-state index in [4.69, 9.17) is 0 Å². The van der Waals surface area contributed by atoms with Crippen molar-refractivity contribution < 1.29 is 9.72 Å². The third-order valence-electron chi connectivity index (χ3n) is 4.49. The fourth-order valence-corrected chi connectivity index (χ4v) is 3.47. The maximum Gasteiger partial charge on any atom is 0.269 e. The second-order valence-electron chi connectivity index (χ2n) is 6.26. The zero-order valence-corrected chi connectivity index (χ0v) is 14.8. The number of dihydropyridines is 1. The standard InChI is InChI=1S/C20H19N3O3/c1-12-18(14(3)24)20(15-7-6-8-16(11-15)23(25)26)19(13(2)22-12)17-9-4-5-10-21-17/h4-11,20,22H,1-3H3. The van der Waals surface area contributed by atoms with E-state index in [-0.39, 0.29) is 11.5 Å². The first kappa shape index (κ1) is 17.5. The van der Waals surface area contributed by atoms with Crippen LogP contribution < -0.4 is 5.32 Å². The lowest BCUT2D eigenvalue weighted by atomic mass is 9.77. The van der Waals surface area contributed by atoms with Gasteiger partial charge in [-0.25, -0.2) is 0 Å². The molecule has 1 aliphatic rings. The molecule has 1 unspecified atom stereocenters. The van der Waals surface area contributed by atoms with Crippen LogP contribution in [0.4, 0.5) is 5.69 Å². The number of carbonyl (C=O) groups is 1. The normalized spacial score (nSPS) is 17.1. The maximum atomic E-state index is 12.4. The van der Waals surface area contributed by atoms with Crippen molar-refractivity contribution in [2.45, 2.75) is 26.7 Å². The molecule has 2 aromatic rings. The van der Waals surface area contributed by atoms with E-state index < -0.39 is 10.8 Å². The monoisotopic (exact) mass is 349 g/mol. The number of pyridine rings is 1. The van der Waals surface area contributed by atoms with Crippen LogP contribution in [0.25, 0.3) is 5.57 Å². The minimum absolute atomic E-state index is 0.000360. The predicted molar refractivity (Wildman–Crippen MR) is 99.2 cm³/mol. The lowest BCUT2D eigenvalue weighted by Gasteiger charge is -2.31. The van der Waals surface area contributed by atoms with Crippen molar-refractivity contribution in [1.82, 2.24) is 10.3 Å². The number of nitrogens with one attached hydrogen (secondary N) is 1. The average Bonchev–Trinajstić information content (AvgIpc) is 2.61. The van der Waals surface area contributed by atoms with Gasteiger partial charge in [-0.2, -0.15) is 0 Å². The molecule has 6 heteroatoms. The van der Waals surface area contributed by atoms with Gasteiger partial charge in [0.2, 0.25) is 0 Å². The van der Waals surface area contributed by atoms with Crippen LogP contribution in [0.1, 0.15) is 37.9 Å². The lowest BCUT2D eigenvalue weighted by molar-refractivity contribution is -0.384. The van der Waals surface area contributed by atoms with E-state index in [1.165, 1.54) is 19.1 Å². The topological polar surface area (TPSA) is 85.1 Å². The number of nitrogens with zero attached hydrogens (tertiary/aromatic N) is 2. The Balaban J connectivity index is 2.26. The van der Waals surface area contributed by atoms with Gasteiger partial charge >= 0.3 is 0 Å². The van der Waals surface area contributed by atoms with Crippen LogP contribution in [-0.2, 0) is 4.79 Å². The Morgan fingerprint density at radius 1 is 1.15 bits per heavy atom. The molecular weight excluding hydrogens is 330 g/mol. The van der Waals surface area contributed by atoms with Gasteiger partial charge in [0.15, 0.2) is 5.78 Å². The highest BCUT2D eigenvalue weighted by Gasteiger charge is 2.33. The molecule has 0 radical (unpaired) electrons. The molecule has 0 saturated heterocycles. The number of aromatic nitrogens is 1. The number of benzene rings is 1. The van der Waals surface area contributed by atoms with Gasteiger partial charge in [-0.15, -0.1) is 0 Å². The quantitative estimate of drug-likeness (QED) is 0.667. The van der Waals surface area contributed by atoms with E-state index in [1.54, 1.807) is 12.3 Å². The van der Waals surface area contributed by atoms with E-state index in [0.717, 1.165) is 22.7 Å². The molecule has 1 aromatic heterocycles. The summed E-state index contributed by atoms with van der Waals surface area (Å²) < 4.78 is 0. The fraction of sp³-hybridized carbons (Fsp3) is 0.200. The number of ketones is 1. The van der Waals surface area contributed by atoms with Gasteiger partial charge in [0.1, 0.15) is 0 Å². The second-order valence-corrected chi connectivity index (χ2v) is 6.26. The van der Waals surface area contributed by atoms with Crippen LogP contribution in [0.5, 0.6) is 0 Å². The number of non-ortho nitro benzene ring substituents is 1. The van der Waals surface area contributed by atoms with Crippen molar-refractivity contribution in [1.29, 1.82) is 0 Å². The molecule has 0 amide bonds. The number of nitro groups is 1. The summed E-state index contributed by atoms with van der Waals surface area (Å²) in [5, 5.41) is 14.5. The number of nitro benzene ring substituents is 1. The summed E-state index contributed by atoms with van der Waals surface area (Å²) in [5.74, 6) is -0.490. The van der Waals surface area contributed by atoms with Gasteiger partial charge in [0, 0.05) is 46.8 Å². The van der Waals surface area contributed by atoms with Crippen molar-refractivity contribution >= 4 is 17.0 Å². The molecule has 0 fully saturated rings. The minimum atomic E-state index is -0.425. The van der Waals surface area contributed by atoms with Crippen molar-refractivity contribution in [3.8, 4) is 0 Å². The fourth-order valence-electron chi connectivity index (χ4n) is 3.47. The number of carbonyl (C=O) groups excluding carboxylic acids is 1. The Hall–Kier alpha value is -3.28. The second kappa shape index (κ2) is 6.92. The third kappa shape index (κ3) is 3.13. The number of hydrogen-bond donors (Lipinski definition) is 1. The highest BCUT2D eigenvalue weighted by molar-refractivity contribution is 6.00. The lowest BCUT2D eigenvalue weighted by Crippen LogP contribution is -2.27. The first-order valence-electron chi connectivity index (χ1n) is 8.25. The van der Waals surface area contributed by atoms with Crippen LogP contribution in [0.15, 0.2) is 65.6 Å².